The van der Waals surface area contributed by atoms with Crippen LogP contribution in [0.4, 0.5) is 5.69 Å². The average Bonchev–Trinajstić information content (AvgIpc) is 2.90. The van der Waals surface area contributed by atoms with Gasteiger partial charge in [-0.3, -0.25) is 13.9 Å². The summed E-state index contributed by atoms with van der Waals surface area (Å²) in [5.41, 5.74) is 2.23. The Morgan fingerprint density at radius 1 is 1.00 bits per heavy atom. The molecule has 2 aromatic carbocycles. The largest absolute Gasteiger partial charge is 0.486 e. The van der Waals surface area contributed by atoms with Crippen molar-refractivity contribution in [3.63, 3.8) is 0 Å². The molecule has 0 aromatic heterocycles. The molecule has 0 radical (unpaired) electrons. The summed E-state index contributed by atoms with van der Waals surface area (Å²) < 4.78 is 38.6. The van der Waals surface area contributed by atoms with Crippen molar-refractivity contribution in [1.82, 2.24) is 10.2 Å². The Kier molecular flexibility index (Phi) is 9.79. The van der Waals surface area contributed by atoms with Crippen molar-refractivity contribution in [2.75, 3.05) is 36.4 Å². The zero-order valence-corrected chi connectivity index (χ0v) is 22.8. The number of aryl methyl sites for hydroxylation is 1. The predicted molar refractivity (Wildman–Crippen MR) is 143 cm³/mol. The van der Waals surface area contributed by atoms with Gasteiger partial charge in [0.2, 0.25) is 21.8 Å². The number of amides is 2. The third-order valence-corrected chi connectivity index (χ3v) is 7.94. The van der Waals surface area contributed by atoms with Gasteiger partial charge in [0.05, 0.1) is 11.4 Å². The van der Waals surface area contributed by atoms with E-state index in [2.05, 4.69) is 5.32 Å². The van der Waals surface area contributed by atoms with E-state index in [4.69, 9.17) is 9.47 Å². The highest BCUT2D eigenvalue weighted by Crippen LogP contribution is 2.35. The lowest BCUT2D eigenvalue weighted by Crippen LogP contribution is -2.52. The maximum absolute atomic E-state index is 13.8. The highest BCUT2D eigenvalue weighted by atomic mass is 32.2. The second-order valence-electron chi connectivity index (χ2n) is 8.96. The molecule has 1 heterocycles. The van der Waals surface area contributed by atoms with Gasteiger partial charge < -0.3 is 19.7 Å². The summed E-state index contributed by atoms with van der Waals surface area (Å²) >= 11 is 0. The fraction of sp³-hybridized carbons (Fsp3) is 0.481. The Labute approximate surface area is 219 Å². The van der Waals surface area contributed by atoms with E-state index in [1.54, 1.807) is 18.2 Å². The van der Waals surface area contributed by atoms with E-state index in [1.165, 1.54) is 11.8 Å². The van der Waals surface area contributed by atoms with Gasteiger partial charge in [0.15, 0.2) is 11.5 Å². The molecule has 0 saturated carbocycles. The number of fused-ring (bicyclic) bond motifs is 1. The number of sulfonamides is 1. The number of benzene rings is 2. The first-order chi connectivity index (χ1) is 17.7. The summed E-state index contributed by atoms with van der Waals surface area (Å²) in [5.74, 6) is 0.0326. The topological polar surface area (TPSA) is 105 Å². The van der Waals surface area contributed by atoms with Crippen LogP contribution in [0.2, 0.25) is 0 Å². The Morgan fingerprint density at radius 3 is 2.30 bits per heavy atom. The molecule has 1 aliphatic heterocycles. The molecule has 1 N–H and O–H groups in total. The minimum Gasteiger partial charge on any atom is -0.486 e. The highest BCUT2D eigenvalue weighted by molar-refractivity contribution is 7.92. The van der Waals surface area contributed by atoms with Crippen molar-refractivity contribution >= 4 is 27.5 Å². The monoisotopic (exact) mass is 531 g/mol. The lowest BCUT2D eigenvalue weighted by atomic mass is 10.1. The summed E-state index contributed by atoms with van der Waals surface area (Å²) in [6, 6.07) is 11.8. The minimum atomic E-state index is -3.82. The predicted octanol–water partition coefficient (Wildman–Crippen LogP) is 3.26. The van der Waals surface area contributed by atoms with E-state index in [-0.39, 0.29) is 18.2 Å². The molecule has 1 unspecified atom stereocenters. The van der Waals surface area contributed by atoms with Crippen LogP contribution in [-0.4, -0.2) is 63.2 Å². The van der Waals surface area contributed by atoms with Gasteiger partial charge in [-0.25, -0.2) is 8.42 Å². The van der Waals surface area contributed by atoms with Crippen molar-refractivity contribution in [3.05, 3.63) is 53.6 Å². The van der Waals surface area contributed by atoms with E-state index in [1.807, 2.05) is 45.0 Å². The SMILES string of the molecule is CCCNC(=O)C(CC)N(Cc1ccc(C)cc1)C(=O)CN(c1ccc2c(c1)OCCO2)S(=O)(=O)CC. The van der Waals surface area contributed by atoms with Crippen LogP contribution in [0.5, 0.6) is 11.5 Å². The zero-order chi connectivity index (χ0) is 27.0. The molecule has 2 aromatic rings. The standard InChI is InChI=1S/C27H37N3O6S/c1-5-14-28-27(32)23(6-2)29(18-21-10-8-20(4)9-11-21)26(31)19-30(37(33,34)7-3)22-12-13-24-25(17-22)36-16-15-35-24/h8-13,17,23H,5-7,14-16,18-19H2,1-4H3,(H,28,32). The number of anilines is 1. The Balaban J connectivity index is 1.96. The highest BCUT2D eigenvalue weighted by Gasteiger charge is 2.32. The summed E-state index contributed by atoms with van der Waals surface area (Å²) in [7, 11) is -3.82. The number of rotatable bonds is 12. The van der Waals surface area contributed by atoms with Crippen molar-refractivity contribution < 1.29 is 27.5 Å². The second-order valence-corrected chi connectivity index (χ2v) is 11.1. The fourth-order valence-electron chi connectivity index (χ4n) is 4.08. The van der Waals surface area contributed by atoms with Gasteiger partial charge >= 0.3 is 0 Å². The van der Waals surface area contributed by atoms with Crippen molar-refractivity contribution in [1.29, 1.82) is 0 Å². The quantitative estimate of drug-likeness (QED) is 0.451. The zero-order valence-electron chi connectivity index (χ0n) is 22.0. The molecule has 0 fully saturated rings. The van der Waals surface area contributed by atoms with Gasteiger partial charge in [-0.1, -0.05) is 43.7 Å². The van der Waals surface area contributed by atoms with Gasteiger partial charge in [0.1, 0.15) is 25.8 Å². The van der Waals surface area contributed by atoms with E-state index in [9.17, 15) is 18.0 Å². The molecule has 1 aliphatic rings. The van der Waals surface area contributed by atoms with Crippen LogP contribution < -0.4 is 19.1 Å². The van der Waals surface area contributed by atoms with E-state index in [0.717, 1.165) is 21.9 Å². The number of carbonyl (C=O) groups is 2. The normalized spacial score (nSPS) is 13.5. The maximum Gasteiger partial charge on any atom is 0.244 e. The first-order valence-electron chi connectivity index (χ1n) is 12.7. The molecule has 37 heavy (non-hydrogen) atoms. The van der Waals surface area contributed by atoms with Crippen LogP contribution in [0.15, 0.2) is 42.5 Å². The fourth-order valence-corrected chi connectivity index (χ4v) is 5.14. The van der Waals surface area contributed by atoms with E-state index < -0.39 is 28.5 Å². The number of hydrogen-bond donors (Lipinski definition) is 1. The van der Waals surface area contributed by atoms with Crippen LogP contribution >= 0.6 is 0 Å². The molecule has 0 saturated heterocycles. The molecule has 0 aliphatic carbocycles. The molecular weight excluding hydrogens is 494 g/mol. The van der Waals surface area contributed by atoms with Gasteiger partial charge in [0.25, 0.3) is 0 Å². The molecule has 9 nitrogen and oxygen atoms in total. The summed E-state index contributed by atoms with van der Waals surface area (Å²) in [5, 5.41) is 2.88. The minimum absolute atomic E-state index is 0.179. The number of nitrogens with one attached hydrogen (secondary N) is 1. The number of hydrogen-bond acceptors (Lipinski definition) is 6. The van der Waals surface area contributed by atoms with Gasteiger partial charge in [-0.2, -0.15) is 0 Å². The summed E-state index contributed by atoms with van der Waals surface area (Å²) in [4.78, 5) is 28.3. The number of nitrogens with zero attached hydrogens (tertiary/aromatic N) is 2. The van der Waals surface area contributed by atoms with E-state index in [0.29, 0.717) is 43.4 Å². The summed E-state index contributed by atoms with van der Waals surface area (Å²) in [6.07, 6.45) is 1.15. The first-order valence-corrected chi connectivity index (χ1v) is 14.3. The molecular formula is C27H37N3O6S. The van der Waals surface area contributed by atoms with Gasteiger partial charge in [-0.05, 0) is 44.4 Å². The molecule has 202 valence electrons. The molecule has 0 spiro atoms. The maximum atomic E-state index is 13.8. The lowest BCUT2D eigenvalue weighted by molar-refractivity contribution is -0.140. The third kappa shape index (κ3) is 7.15. The van der Waals surface area contributed by atoms with Gasteiger partial charge in [-0.15, -0.1) is 0 Å². The van der Waals surface area contributed by atoms with Crippen LogP contribution in [0.3, 0.4) is 0 Å². The molecule has 10 heteroatoms. The smallest absolute Gasteiger partial charge is 0.244 e. The van der Waals surface area contributed by atoms with Gasteiger partial charge in [0, 0.05) is 19.2 Å². The van der Waals surface area contributed by atoms with Crippen LogP contribution in [0.25, 0.3) is 0 Å². The molecule has 2 amide bonds. The second kappa shape index (κ2) is 12.8. The van der Waals surface area contributed by atoms with Crippen LogP contribution in [0.1, 0.15) is 44.7 Å². The third-order valence-electron chi connectivity index (χ3n) is 6.20. The number of carbonyl (C=O) groups excluding carboxylic acids is 2. The molecule has 3 rings (SSSR count). The van der Waals surface area contributed by atoms with Crippen molar-refractivity contribution in [2.45, 2.75) is 53.1 Å². The van der Waals surface area contributed by atoms with E-state index >= 15 is 0 Å². The molecule has 0 bridgehead atoms. The lowest BCUT2D eigenvalue weighted by Gasteiger charge is -2.33. The summed E-state index contributed by atoms with van der Waals surface area (Å²) in [6.45, 7) is 8.29. The Bertz CT molecular complexity index is 1180. The first kappa shape index (κ1) is 28.3. The molecule has 1 atom stereocenters. The number of ether oxygens (including phenoxy) is 2. The van der Waals surface area contributed by atoms with Crippen LogP contribution in [-0.2, 0) is 26.2 Å². The van der Waals surface area contributed by atoms with Crippen molar-refractivity contribution in [3.8, 4) is 11.5 Å². The Hall–Kier alpha value is -3.27. The Morgan fingerprint density at radius 2 is 1.68 bits per heavy atom. The van der Waals surface area contributed by atoms with Crippen LogP contribution in [0, 0.1) is 6.92 Å². The van der Waals surface area contributed by atoms with Crippen molar-refractivity contribution in [2.24, 2.45) is 0 Å². The average molecular weight is 532 g/mol.